The molecule has 20 heavy (non-hydrogen) atoms. The van der Waals surface area contributed by atoms with Crippen LogP contribution in [0, 0.1) is 0 Å². The Morgan fingerprint density at radius 2 is 1.65 bits per heavy atom. The highest BCUT2D eigenvalue weighted by Gasteiger charge is 2.55. The normalized spacial score (nSPS) is 36.0. The Kier molecular flexibility index (Phi) is 5.48. The smallest absolute Gasteiger partial charge is 0.391 e. The molecule has 0 spiro atoms. The molecular formula is C6H14O12P2. The number of ether oxygens (including phenoxy) is 1. The van der Waals surface area contributed by atoms with Crippen LogP contribution in [0.25, 0.3) is 0 Å². The van der Waals surface area contributed by atoms with Crippen LogP contribution in [-0.2, 0) is 22.9 Å². The van der Waals surface area contributed by atoms with Gasteiger partial charge in [0, 0.05) is 0 Å². The van der Waals surface area contributed by atoms with Gasteiger partial charge in [-0.2, -0.15) is 0 Å². The van der Waals surface area contributed by atoms with Crippen LogP contribution in [0.4, 0.5) is 0 Å². The van der Waals surface area contributed by atoms with Crippen LogP contribution in [0.15, 0.2) is 0 Å². The van der Waals surface area contributed by atoms with Crippen molar-refractivity contribution in [3.8, 4) is 0 Å². The van der Waals surface area contributed by atoms with E-state index in [4.69, 9.17) is 24.7 Å². The molecule has 0 bridgehead atoms. The van der Waals surface area contributed by atoms with E-state index >= 15 is 0 Å². The van der Waals surface area contributed by atoms with E-state index in [1.165, 1.54) is 0 Å². The van der Waals surface area contributed by atoms with Crippen LogP contribution >= 0.6 is 15.6 Å². The van der Waals surface area contributed by atoms with E-state index in [1.54, 1.807) is 0 Å². The van der Waals surface area contributed by atoms with E-state index in [1.807, 2.05) is 0 Å². The lowest BCUT2D eigenvalue weighted by molar-refractivity contribution is -0.324. The second-order valence-electron chi connectivity index (χ2n) is 3.96. The van der Waals surface area contributed by atoms with Crippen LogP contribution in [-0.4, -0.2) is 72.2 Å². The maximum atomic E-state index is 10.8. The van der Waals surface area contributed by atoms with Gasteiger partial charge in [0.15, 0.2) is 6.10 Å². The van der Waals surface area contributed by atoms with E-state index in [-0.39, 0.29) is 0 Å². The monoisotopic (exact) mass is 340 g/mol. The fourth-order valence-corrected chi connectivity index (χ4v) is 2.72. The summed E-state index contributed by atoms with van der Waals surface area (Å²) < 4.78 is 34.4. The first-order valence-corrected chi connectivity index (χ1v) is 8.07. The molecule has 0 aromatic heterocycles. The summed E-state index contributed by atoms with van der Waals surface area (Å²) >= 11 is 0. The summed E-state index contributed by atoms with van der Waals surface area (Å²) in [5.74, 6) is -2.72. The molecular weight excluding hydrogens is 326 g/mol. The van der Waals surface area contributed by atoms with Crippen LogP contribution in [0.2, 0.25) is 0 Å². The van der Waals surface area contributed by atoms with Crippen molar-refractivity contribution in [3.05, 3.63) is 0 Å². The van der Waals surface area contributed by atoms with Crippen molar-refractivity contribution in [3.63, 3.8) is 0 Å². The molecule has 4 atom stereocenters. The van der Waals surface area contributed by atoms with Gasteiger partial charge in [0.1, 0.15) is 12.2 Å². The Bertz CT molecular complexity index is 428. The molecule has 12 nitrogen and oxygen atoms in total. The molecule has 1 aliphatic heterocycles. The van der Waals surface area contributed by atoms with Gasteiger partial charge in [-0.3, -0.25) is 9.05 Å². The third-order valence-electron chi connectivity index (χ3n) is 2.36. The number of hydrogen-bond donors (Lipinski definition) is 7. The Hall–Kier alpha value is 0.0600. The number of aliphatic hydroxyl groups excluding tert-OH is 2. The van der Waals surface area contributed by atoms with Gasteiger partial charge in [0.25, 0.3) is 0 Å². The van der Waals surface area contributed by atoms with Crippen molar-refractivity contribution in [1.82, 2.24) is 0 Å². The molecule has 1 unspecified atom stereocenters. The van der Waals surface area contributed by atoms with Gasteiger partial charge in [-0.25, -0.2) is 9.13 Å². The summed E-state index contributed by atoms with van der Waals surface area (Å²) in [5, 5.41) is 28.3. The van der Waals surface area contributed by atoms with Crippen molar-refractivity contribution < 1.29 is 57.8 Å². The summed E-state index contributed by atoms with van der Waals surface area (Å²) in [6.07, 6.45) is -6.06. The molecule has 1 rings (SSSR count). The minimum Gasteiger partial charge on any atom is -0.391 e. The third kappa shape index (κ3) is 4.81. The van der Waals surface area contributed by atoms with Gasteiger partial charge in [0.05, 0.1) is 13.2 Å². The summed E-state index contributed by atoms with van der Waals surface area (Å²) in [6, 6.07) is 0. The van der Waals surface area contributed by atoms with Gasteiger partial charge >= 0.3 is 15.6 Å². The number of aliphatic hydroxyl groups is 3. The average Bonchev–Trinajstić information content (AvgIpc) is 2.26. The molecule has 0 aromatic carbocycles. The predicted molar refractivity (Wildman–Crippen MR) is 57.8 cm³/mol. The van der Waals surface area contributed by atoms with E-state index < -0.39 is 53.0 Å². The summed E-state index contributed by atoms with van der Waals surface area (Å²) in [7, 11) is -10.4. The molecule has 0 aromatic rings. The molecule has 14 heteroatoms. The lowest BCUT2D eigenvalue weighted by Crippen LogP contribution is -2.63. The van der Waals surface area contributed by atoms with Crippen molar-refractivity contribution in [2.45, 2.75) is 24.1 Å². The number of hydrogen-bond acceptors (Lipinski definition) is 8. The topological polar surface area (TPSA) is 203 Å². The lowest BCUT2D eigenvalue weighted by Gasteiger charge is -2.44. The highest BCUT2D eigenvalue weighted by molar-refractivity contribution is 7.46. The number of rotatable bonds is 5. The van der Waals surface area contributed by atoms with Gasteiger partial charge in [-0.05, 0) is 0 Å². The first-order chi connectivity index (χ1) is 8.88. The van der Waals surface area contributed by atoms with Crippen LogP contribution in [0.5, 0.6) is 0 Å². The van der Waals surface area contributed by atoms with Gasteiger partial charge in [-0.1, -0.05) is 0 Å². The second kappa shape index (κ2) is 6.05. The summed E-state index contributed by atoms with van der Waals surface area (Å²) in [4.78, 5) is 34.8. The van der Waals surface area contributed by atoms with E-state index in [0.29, 0.717) is 0 Å². The van der Waals surface area contributed by atoms with Crippen molar-refractivity contribution in [1.29, 1.82) is 0 Å². The third-order valence-corrected chi connectivity index (χ3v) is 3.38. The quantitative estimate of drug-likeness (QED) is 0.250. The van der Waals surface area contributed by atoms with E-state index in [0.717, 1.165) is 0 Å². The minimum atomic E-state index is -5.25. The van der Waals surface area contributed by atoms with Gasteiger partial charge < -0.3 is 39.6 Å². The molecule has 1 heterocycles. The molecule has 0 saturated carbocycles. The van der Waals surface area contributed by atoms with Crippen LogP contribution in [0.1, 0.15) is 0 Å². The molecule has 0 aliphatic carbocycles. The number of phosphoric acid groups is 2. The van der Waals surface area contributed by atoms with Crippen molar-refractivity contribution in [2.75, 3.05) is 13.2 Å². The fourth-order valence-electron chi connectivity index (χ4n) is 1.58. The molecule has 0 radical (unpaired) electrons. The molecule has 1 saturated heterocycles. The average molecular weight is 340 g/mol. The standard InChI is InChI=1S/C6H14O12P2/c7-2-6(9)5(18-20(13,14)15)4(3(8)1-16-6)17-19(10,11)12/h3-5,7-9H,1-2H2,(H2,10,11,12)(H2,13,14,15)/t3-,4-,5+,6?/m1/s1. The zero-order valence-corrected chi connectivity index (χ0v) is 11.5. The highest BCUT2D eigenvalue weighted by atomic mass is 31.2. The Labute approximate surface area is 112 Å². The highest BCUT2D eigenvalue weighted by Crippen LogP contribution is 2.47. The number of phosphoric ester groups is 2. The first-order valence-electron chi connectivity index (χ1n) is 5.01. The summed E-state index contributed by atoms with van der Waals surface area (Å²) in [5.41, 5.74) is 0. The zero-order chi connectivity index (χ0) is 15.8. The molecule has 120 valence electrons. The van der Waals surface area contributed by atoms with Crippen molar-refractivity contribution >= 4 is 15.6 Å². The van der Waals surface area contributed by atoms with E-state index in [9.17, 15) is 19.3 Å². The Morgan fingerprint density at radius 3 is 2.05 bits per heavy atom. The maximum absolute atomic E-state index is 10.8. The minimum absolute atomic E-state index is 0.719. The van der Waals surface area contributed by atoms with Crippen LogP contribution in [0.3, 0.4) is 0 Å². The van der Waals surface area contributed by atoms with Crippen LogP contribution < -0.4 is 0 Å². The predicted octanol–water partition coefficient (Wildman–Crippen LogP) is -2.99. The SMILES string of the molecule is O=P(O)(O)O[C@@H]1[C@H](O)COC(O)(CO)[C@H]1OP(=O)(O)O. The fraction of sp³-hybridized carbons (Fsp3) is 1.00. The summed E-state index contributed by atoms with van der Waals surface area (Å²) in [6.45, 7) is -1.95. The second-order valence-corrected chi connectivity index (χ2v) is 6.34. The molecule has 1 fully saturated rings. The first kappa shape index (κ1) is 18.1. The molecule has 0 amide bonds. The van der Waals surface area contributed by atoms with Gasteiger partial charge in [0.2, 0.25) is 5.79 Å². The Balaban J connectivity index is 3.11. The lowest BCUT2D eigenvalue weighted by atomic mass is 9.97. The Morgan fingerprint density at radius 1 is 1.15 bits per heavy atom. The van der Waals surface area contributed by atoms with Gasteiger partial charge in [-0.15, -0.1) is 0 Å². The largest absolute Gasteiger partial charge is 0.470 e. The molecule has 7 N–H and O–H groups in total. The zero-order valence-electron chi connectivity index (χ0n) is 9.71. The van der Waals surface area contributed by atoms with Crippen molar-refractivity contribution in [2.24, 2.45) is 0 Å². The molecule has 1 aliphatic rings. The van der Waals surface area contributed by atoms with E-state index in [2.05, 4.69) is 13.8 Å². The maximum Gasteiger partial charge on any atom is 0.470 e.